The zero-order chi connectivity index (χ0) is 17.7. The molecule has 0 aromatic heterocycles. The summed E-state index contributed by atoms with van der Waals surface area (Å²) in [7, 11) is -1.62. The molecule has 0 saturated carbocycles. The Balaban J connectivity index is 3.80. The van der Waals surface area contributed by atoms with Crippen LogP contribution in [0.1, 0.15) is 113 Å². The first kappa shape index (κ1) is 23.2. The Morgan fingerprint density at radius 2 is 0.913 bits per heavy atom. The average molecular weight is 343 g/mol. The molecular formula is C21H46OSi. The van der Waals surface area contributed by atoms with Gasteiger partial charge in [0.05, 0.1) is 0 Å². The zero-order valence-electron chi connectivity index (χ0n) is 17.4. The SMILES string of the molecule is CCCCCCCCCCCCO[Si](C(C)C)(C(C)C)C(C)C. The second-order valence-corrected chi connectivity index (χ2v) is 13.8. The molecular weight excluding hydrogens is 296 g/mol. The van der Waals surface area contributed by atoms with Gasteiger partial charge >= 0.3 is 0 Å². The van der Waals surface area contributed by atoms with Crippen LogP contribution in [0.25, 0.3) is 0 Å². The van der Waals surface area contributed by atoms with E-state index in [1.54, 1.807) is 0 Å². The molecule has 0 unspecified atom stereocenters. The second-order valence-electron chi connectivity index (χ2n) is 8.35. The molecule has 0 aliphatic heterocycles. The van der Waals surface area contributed by atoms with Crippen LogP contribution in [0.3, 0.4) is 0 Å². The predicted molar refractivity (Wildman–Crippen MR) is 109 cm³/mol. The van der Waals surface area contributed by atoms with Crippen molar-refractivity contribution in [3.8, 4) is 0 Å². The third kappa shape index (κ3) is 8.72. The number of hydrogen-bond donors (Lipinski definition) is 0. The fourth-order valence-electron chi connectivity index (χ4n) is 4.34. The summed E-state index contributed by atoms with van der Waals surface area (Å²) in [5, 5.41) is 0. The summed E-state index contributed by atoms with van der Waals surface area (Å²) in [5.41, 5.74) is 2.14. The molecule has 1 nitrogen and oxygen atoms in total. The first-order valence-corrected chi connectivity index (χ1v) is 12.7. The monoisotopic (exact) mass is 342 g/mol. The highest BCUT2D eigenvalue weighted by molar-refractivity contribution is 6.77. The average Bonchev–Trinajstić information content (AvgIpc) is 2.47. The first-order valence-electron chi connectivity index (χ1n) is 10.5. The van der Waals surface area contributed by atoms with Crippen LogP contribution in [0, 0.1) is 0 Å². The molecule has 0 amide bonds. The molecule has 0 saturated heterocycles. The van der Waals surface area contributed by atoms with Crippen molar-refractivity contribution < 1.29 is 4.43 Å². The van der Waals surface area contributed by atoms with Gasteiger partial charge in [0.1, 0.15) is 0 Å². The topological polar surface area (TPSA) is 9.23 Å². The lowest BCUT2D eigenvalue weighted by atomic mass is 10.1. The highest BCUT2D eigenvalue weighted by Gasteiger charge is 2.44. The van der Waals surface area contributed by atoms with Gasteiger partial charge in [0.15, 0.2) is 8.32 Å². The van der Waals surface area contributed by atoms with Gasteiger partial charge in [-0.1, -0.05) is 106 Å². The van der Waals surface area contributed by atoms with Crippen LogP contribution in [0.5, 0.6) is 0 Å². The predicted octanol–water partition coefficient (Wildman–Crippen LogP) is 8.10. The quantitative estimate of drug-likeness (QED) is 0.216. The number of hydrogen-bond acceptors (Lipinski definition) is 1. The van der Waals surface area contributed by atoms with E-state index >= 15 is 0 Å². The normalized spacial score (nSPS) is 12.8. The van der Waals surface area contributed by atoms with E-state index < -0.39 is 8.32 Å². The maximum absolute atomic E-state index is 6.62. The van der Waals surface area contributed by atoms with Gasteiger partial charge in [0, 0.05) is 6.61 Å². The molecule has 0 spiro atoms. The molecule has 0 rings (SSSR count). The van der Waals surface area contributed by atoms with E-state index in [4.69, 9.17) is 4.43 Å². The first-order chi connectivity index (χ1) is 10.9. The Morgan fingerprint density at radius 1 is 0.565 bits per heavy atom. The smallest absolute Gasteiger partial charge is 0.200 e. The Labute approximate surface area is 149 Å². The highest BCUT2D eigenvalue weighted by atomic mass is 28.4. The third-order valence-corrected chi connectivity index (χ3v) is 11.7. The maximum Gasteiger partial charge on any atom is 0.200 e. The molecule has 0 aromatic rings. The molecule has 0 N–H and O–H groups in total. The third-order valence-electron chi connectivity index (χ3n) is 5.56. The molecule has 140 valence electrons. The van der Waals surface area contributed by atoms with Crippen LogP contribution in [0.4, 0.5) is 0 Å². The minimum atomic E-state index is -1.62. The van der Waals surface area contributed by atoms with E-state index in [1.807, 2.05) is 0 Å². The second kappa shape index (κ2) is 13.5. The molecule has 0 aliphatic carbocycles. The van der Waals surface area contributed by atoms with Gasteiger partial charge in [0.2, 0.25) is 0 Å². The fraction of sp³-hybridized carbons (Fsp3) is 1.00. The van der Waals surface area contributed by atoms with E-state index in [-0.39, 0.29) is 0 Å². The van der Waals surface area contributed by atoms with Crippen LogP contribution in [-0.2, 0) is 4.43 Å². The largest absolute Gasteiger partial charge is 0.416 e. The lowest BCUT2D eigenvalue weighted by Gasteiger charge is -2.42. The highest BCUT2D eigenvalue weighted by Crippen LogP contribution is 2.42. The Kier molecular flexibility index (Phi) is 13.6. The summed E-state index contributed by atoms with van der Waals surface area (Å²) >= 11 is 0. The fourth-order valence-corrected chi connectivity index (χ4v) is 9.84. The van der Waals surface area contributed by atoms with Crippen molar-refractivity contribution in [3.63, 3.8) is 0 Å². The summed E-state index contributed by atoms with van der Waals surface area (Å²) in [6.07, 6.45) is 14.0. The van der Waals surface area contributed by atoms with Crippen LogP contribution in [0.2, 0.25) is 16.6 Å². The van der Waals surface area contributed by atoms with E-state index in [1.165, 1.54) is 64.2 Å². The minimum Gasteiger partial charge on any atom is -0.416 e. The standard InChI is InChI=1S/C21H46OSi/c1-8-9-10-11-12-13-14-15-16-17-18-22-23(19(2)3,20(4)5)21(6)7/h19-21H,8-18H2,1-7H3. The molecule has 2 heteroatoms. The lowest BCUT2D eigenvalue weighted by Crippen LogP contribution is -2.47. The maximum atomic E-state index is 6.62. The van der Waals surface area contributed by atoms with Crippen molar-refractivity contribution in [1.82, 2.24) is 0 Å². The molecule has 0 heterocycles. The Bertz CT molecular complexity index is 239. The van der Waals surface area contributed by atoms with E-state index in [0.29, 0.717) is 16.6 Å². The van der Waals surface area contributed by atoms with Crippen LogP contribution in [-0.4, -0.2) is 14.9 Å². The molecule has 23 heavy (non-hydrogen) atoms. The molecule has 0 radical (unpaired) electrons. The van der Waals surface area contributed by atoms with Crippen molar-refractivity contribution >= 4 is 8.32 Å². The Hall–Kier alpha value is 0.177. The van der Waals surface area contributed by atoms with E-state index in [9.17, 15) is 0 Å². The van der Waals surface area contributed by atoms with Crippen molar-refractivity contribution in [2.75, 3.05) is 6.61 Å². The molecule has 0 bridgehead atoms. The van der Waals surface area contributed by atoms with E-state index in [0.717, 1.165) is 6.61 Å². The number of rotatable bonds is 15. The van der Waals surface area contributed by atoms with Gasteiger partial charge in [-0.15, -0.1) is 0 Å². The lowest BCUT2D eigenvalue weighted by molar-refractivity contribution is 0.267. The minimum absolute atomic E-state index is 0.714. The van der Waals surface area contributed by atoms with Gasteiger partial charge in [-0.3, -0.25) is 0 Å². The summed E-state index contributed by atoms with van der Waals surface area (Å²) in [4.78, 5) is 0. The van der Waals surface area contributed by atoms with Crippen LogP contribution >= 0.6 is 0 Å². The zero-order valence-corrected chi connectivity index (χ0v) is 18.4. The number of unbranched alkanes of at least 4 members (excludes halogenated alkanes) is 9. The van der Waals surface area contributed by atoms with Crippen LogP contribution < -0.4 is 0 Å². The molecule has 0 aliphatic rings. The summed E-state index contributed by atoms with van der Waals surface area (Å²) in [6, 6.07) is 0. The van der Waals surface area contributed by atoms with Crippen molar-refractivity contribution in [3.05, 3.63) is 0 Å². The Morgan fingerprint density at radius 3 is 1.26 bits per heavy atom. The summed E-state index contributed by atoms with van der Waals surface area (Å²) < 4.78 is 6.62. The van der Waals surface area contributed by atoms with Crippen LogP contribution in [0.15, 0.2) is 0 Å². The summed E-state index contributed by atoms with van der Waals surface area (Å²) in [5.74, 6) is 0. The van der Waals surface area contributed by atoms with Gasteiger partial charge in [0.25, 0.3) is 0 Å². The summed E-state index contributed by atoms with van der Waals surface area (Å²) in [6.45, 7) is 17.6. The van der Waals surface area contributed by atoms with Gasteiger partial charge in [-0.25, -0.2) is 0 Å². The van der Waals surface area contributed by atoms with E-state index in [2.05, 4.69) is 48.5 Å². The van der Waals surface area contributed by atoms with Crippen molar-refractivity contribution in [2.24, 2.45) is 0 Å². The molecule has 0 aromatic carbocycles. The van der Waals surface area contributed by atoms with Gasteiger partial charge in [-0.05, 0) is 23.0 Å². The molecule has 0 atom stereocenters. The van der Waals surface area contributed by atoms with Crippen molar-refractivity contribution in [1.29, 1.82) is 0 Å². The molecule has 0 fully saturated rings. The van der Waals surface area contributed by atoms with Crippen molar-refractivity contribution in [2.45, 2.75) is 129 Å². The van der Waals surface area contributed by atoms with Gasteiger partial charge in [-0.2, -0.15) is 0 Å². The van der Waals surface area contributed by atoms with Gasteiger partial charge < -0.3 is 4.43 Å².